The Morgan fingerprint density at radius 2 is 2.00 bits per heavy atom. The van der Waals surface area contributed by atoms with Crippen LogP contribution in [-0.2, 0) is 36.1 Å². The van der Waals surface area contributed by atoms with Crippen molar-refractivity contribution in [2.24, 2.45) is 7.05 Å². The zero-order chi connectivity index (χ0) is 16.4. The van der Waals surface area contributed by atoms with Gasteiger partial charge in [0.2, 0.25) is 11.8 Å². The summed E-state index contributed by atoms with van der Waals surface area (Å²) < 4.78 is 1.72. The third kappa shape index (κ3) is 3.11. The summed E-state index contributed by atoms with van der Waals surface area (Å²) in [4.78, 5) is 26.2. The molecule has 2 amide bonds. The van der Waals surface area contributed by atoms with Crippen molar-refractivity contribution in [3.05, 3.63) is 53.3 Å². The number of benzene rings is 1. The molecule has 1 aromatic carbocycles. The molecule has 2 aromatic rings. The van der Waals surface area contributed by atoms with Gasteiger partial charge in [-0.15, -0.1) is 0 Å². The summed E-state index contributed by atoms with van der Waals surface area (Å²) in [6.07, 6.45) is 2.24. The topological polar surface area (TPSA) is 67.2 Å². The van der Waals surface area contributed by atoms with Crippen LogP contribution in [0, 0.1) is 0 Å². The number of nitrogens with zero attached hydrogens (tertiary/aromatic N) is 3. The molecule has 23 heavy (non-hydrogen) atoms. The van der Waals surface area contributed by atoms with Gasteiger partial charge in [0.25, 0.3) is 0 Å². The Labute approximate surface area is 135 Å². The second-order valence-electron chi connectivity index (χ2n) is 5.80. The fraction of sp³-hybridized carbons (Fsp3) is 0.353. The van der Waals surface area contributed by atoms with Gasteiger partial charge in [-0.05, 0) is 17.2 Å². The van der Waals surface area contributed by atoms with Crippen LogP contribution in [0.5, 0.6) is 0 Å². The number of hydrogen-bond donors (Lipinski definition) is 1. The predicted molar refractivity (Wildman–Crippen MR) is 85.2 cm³/mol. The minimum absolute atomic E-state index is 0.0832. The first-order valence-corrected chi connectivity index (χ1v) is 7.65. The number of carbonyl (C=O) groups is 2. The molecule has 120 valence electrons. The van der Waals surface area contributed by atoms with Crippen LogP contribution >= 0.6 is 0 Å². The van der Waals surface area contributed by atoms with Gasteiger partial charge in [-0.2, -0.15) is 5.10 Å². The van der Waals surface area contributed by atoms with Gasteiger partial charge in [0, 0.05) is 33.1 Å². The maximum atomic E-state index is 12.6. The predicted octanol–water partition coefficient (Wildman–Crippen LogP) is 1.01. The third-order valence-corrected chi connectivity index (χ3v) is 4.32. The minimum Gasteiger partial charge on any atom is -0.349 e. The maximum absolute atomic E-state index is 12.6. The molecule has 1 aliphatic rings. The summed E-state index contributed by atoms with van der Waals surface area (Å²) in [5.74, 6) is -0.212. The SMILES string of the molecule is CC(=O)N1Cc2ccccc2C[C@H]1C(=O)NCc1ccnn1C. The normalized spacial score (nSPS) is 16.8. The fourth-order valence-electron chi connectivity index (χ4n) is 2.96. The van der Waals surface area contributed by atoms with Crippen molar-refractivity contribution < 1.29 is 9.59 Å². The monoisotopic (exact) mass is 312 g/mol. The molecule has 0 aliphatic carbocycles. The van der Waals surface area contributed by atoms with Crippen LogP contribution < -0.4 is 5.32 Å². The number of nitrogens with one attached hydrogen (secondary N) is 1. The van der Waals surface area contributed by atoms with E-state index < -0.39 is 6.04 Å². The van der Waals surface area contributed by atoms with Gasteiger partial charge in [0.15, 0.2) is 0 Å². The van der Waals surface area contributed by atoms with Crippen LogP contribution in [0.3, 0.4) is 0 Å². The molecule has 6 nitrogen and oxygen atoms in total. The number of carbonyl (C=O) groups excluding carboxylic acids is 2. The van der Waals surface area contributed by atoms with Crippen molar-refractivity contribution in [1.82, 2.24) is 20.0 Å². The van der Waals surface area contributed by atoms with Crippen LogP contribution in [0.4, 0.5) is 0 Å². The Balaban J connectivity index is 1.75. The van der Waals surface area contributed by atoms with Crippen molar-refractivity contribution in [3.63, 3.8) is 0 Å². The van der Waals surface area contributed by atoms with E-state index in [9.17, 15) is 9.59 Å². The Kier molecular flexibility index (Phi) is 4.14. The van der Waals surface area contributed by atoms with Gasteiger partial charge in [0.05, 0.1) is 12.2 Å². The highest BCUT2D eigenvalue weighted by molar-refractivity contribution is 5.87. The molecule has 1 N–H and O–H groups in total. The molecular formula is C17H20N4O2. The van der Waals surface area contributed by atoms with Crippen molar-refractivity contribution in [2.75, 3.05) is 0 Å². The molecule has 6 heteroatoms. The van der Waals surface area contributed by atoms with Crippen LogP contribution in [-0.4, -0.2) is 32.5 Å². The molecule has 2 heterocycles. The van der Waals surface area contributed by atoms with Crippen LogP contribution in [0.1, 0.15) is 23.7 Å². The molecular weight excluding hydrogens is 292 g/mol. The third-order valence-electron chi connectivity index (χ3n) is 4.32. The number of fused-ring (bicyclic) bond motifs is 1. The molecule has 1 aromatic heterocycles. The lowest BCUT2D eigenvalue weighted by Gasteiger charge is -2.35. The summed E-state index contributed by atoms with van der Waals surface area (Å²) in [6, 6.07) is 9.35. The lowest BCUT2D eigenvalue weighted by molar-refractivity contribution is -0.140. The quantitative estimate of drug-likeness (QED) is 0.920. The van der Waals surface area contributed by atoms with Gasteiger partial charge in [-0.25, -0.2) is 0 Å². The average Bonchev–Trinajstić information content (AvgIpc) is 2.96. The van der Waals surface area contributed by atoms with Gasteiger partial charge in [-0.1, -0.05) is 24.3 Å². The van der Waals surface area contributed by atoms with E-state index in [1.165, 1.54) is 6.92 Å². The summed E-state index contributed by atoms with van der Waals surface area (Å²) >= 11 is 0. The number of amides is 2. The summed E-state index contributed by atoms with van der Waals surface area (Å²) in [7, 11) is 1.83. The first kappa shape index (κ1) is 15.3. The maximum Gasteiger partial charge on any atom is 0.243 e. The molecule has 0 fully saturated rings. The molecule has 3 rings (SSSR count). The zero-order valence-electron chi connectivity index (χ0n) is 13.3. The van der Waals surface area contributed by atoms with Crippen molar-refractivity contribution in [3.8, 4) is 0 Å². The van der Waals surface area contributed by atoms with Crippen molar-refractivity contribution >= 4 is 11.8 Å². The number of hydrogen-bond acceptors (Lipinski definition) is 3. The lowest BCUT2D eigenvalue weighted by Crippen LogP contribution is -2.51. The van der Waals surface area contributed by atoms with E-state index in [-0.39, 0.29) is 11.8 Å². The second-order valence-corrected chi connectivity index (χ2v) is 5.80. The highest BCUT2D eigenvalue weighted by atomic mass is 16.2. The highest BCUT2D eigenvalue weighted by Gasteiger charge is 2.32. The molecule has 0 saturated carbocycles. The second kappa shape index (κ2) is 6.24. The molecule has 0 saturated heterocycles. The summed E-state index contributed by atoms with van der Waals surface area (Å²) in [5.41, 5.74) is 3.16. The van der Waals surface area contributed by atoms with Gasteiger partial charge in [0.1, 0.15) is 6.04 Å². The van der Waals surface area contributed by atoms with Crippen LogP contribution in [0.15, 0.2) is 36.5 Å². The Morgan fingerprint density at radius 1 is 1.26 bits per heavy atom. The number of aromatic nitrogens is 2. The molecule has 0 unspecified atom stereocenters. The van der Waals surface area contributed by atoms with Crippen LogP contribution in [0.2, 0.25) is 0 Å². The van der Waals surface area contributed by atoms with Crippen molar-refractivity contribution in [1.29, 1.82) is 0 Å². The Bertz CT molecular complexity index is 738. The van der Waals surface area contributed by atoms with Gasteiger partial charge >= 0.3 is 0 Å². The first-order valence-electron chi connectivity index (χ1n) is 7.65. The molecule has 1 aliphatic heterocycles. The number of rotatable bonds is 3. The van der Waals surface area contributed by atoms with E-state index >= 15 is 0 Å². The first-order chi connectivity index (χ1) is 11.1. The number of aryl methyl sites for hydroxylation is 1. The van der Waals surface area contributed by atoms with E-state index in [2.05, 4.69) is 10.4 Å². The standard InChI is InChI=1S/C17H20N4O2/c1-12(22)21-11-14-6-4-3-5-13(14)9-16(21)17(23)18-10-15-7-8-19-20(15)2/h3-8,16H,9-11H2,1-2H3,(H,18,23)/t16-/m0/s1. The Hall–Kier alpha value is -2.63. The summed E-state index contributed by atoms with van der Waals surface area (Å²) in [5, 5.41) is 7.00. The smallest absolute Gasteiger partial charge is 0.243 e. The van der Waals surface area contributed by atoms with E-state index in [1.807, 2.05) is 37.4 Å². The lowest BCUT2D eigenvalue weighted by atomic mass is 9.93. The van der Waals surface area contributed by atoms with E-state index in [1.54, 1.807) is 15.8 Å². The average molecular weight is 312 g/mol. The Morgan fingerprint density at radius 3 is 2.65 bits per heavy atom. The van der Waals surface area contributed by atoms with E-state index in [0.29, 0.717) is 19.5 Å². The molecule has 0 bridgehead atoms. The van der Waals surface area contributed by atoms with Gasteiger partial charge < -0.3 is 10.2 Å². The fourth-order valence-corrected chi connectivity index (χ4v) is 2.96. The largest absolute Gasteiger partial charge is 0.349 e. The van der Waals surface area contributed by atoms with E-state index in [4.69, 9.17) is 0 Å². The van der Waals surface area contributed by atoms with Gasteiger partial charge in [-0.3, -0.25) is 14.3 Å². The summed E-state index contributed by atoms with van der Waals surface area (Å²) in [6.45, 7) is 2.39. The zero-order valence-corrected chi connectivity index (χ0v) is 13.3. The minimum atomic E-state index is -0.462. The molecule has 1 atom stereocenters. The molecule has 0 spiro atoms. The van der Waals surface area contributed by atoms with Crippen molar-refractivity contribution in [2.45, 2.75) is 32.5 Å². The van der Waals surface area contributed by atoms with Crippen LogP contribution in [0.25, 0.3) is 0 Å². The highest BCUT2D eigenvalue weighted by Crippen LogP contribution is 2.23. The molecule has 0 radical (unpaired) electrons. The van der Waals surface area contributed by atoms with E-state index in [0.717, 1.165) is 16.8 Å².